The number of rotatable bonds is 5. The van der Waals surface area contributed by atoms with Crippen molar-refractivity contribution in [1.82, 2.24) is 19.7 Å². The van der Waals surface area contributed by atoms with Crippen molar-refractivity contribution < 1.29 is 37.1 Å². The van der Waals surface area contributed by atoms with Crippen LogP contribution in [-0.2, 0) is 17.4 Å². The number of benzene rings is 2. The highest BCUT2D eigenvalue weighted by molar-refractivity contribution is 6.34. The molecule has 13 heteroatoms. The summed E-state index contributed by atoms with van der Waals surface area (Å²) in [7, 11) is 0. The minimum atomic E-state index is -4.92. The van der Waals surface area contributed by atoms with Crippen LogP contribution in [0.5, 0.6) is 0 Å². The lowest BCUT2D eigenvalue weighted by atomic mass is 10.1. The highest BCUT2D eigenvalue weighted by Crippen LogP contribution is 2.37. The van der Waals surface area contributed by atoms with Crippen molar-refractivity contribution in [2.45, 2.75) is 19.0 Å². The van der Waals surface area contributed by atoms with Crippen LogP contribution in [0.2, 0.25) is 5.02 Å². The average Bonchev–Trinajstić information content (AvgIpc) is 3.20. The second kappa shape index (κ2) is 9.77. The van der Waals surface area contributed by atoms with Gasteiger partial charge in [0, 0.05) is 24.8 Å². The zero-order chi connectivity index (χ0) is 28.1. The molecule has 5 rings (SSSR count). The van der Waals surface area contributed by atoms with Crippen LogP contribution in [0.3, 0.4) is 0 Å². The summed E-state index contributed by atoms with van der Waals surface area (Å²) in [6.45, 7) is 1.21. The van der Waals surface area contributed by atoms with E-state index < -0.39 is 40.0 Å². The standard InChI is InChI=1S/C26H17ClF4N4O4/c27-17-4-1-3-16(26(29,30)31)21(17)24(37)35-19-9-13(10-20(36)34-7-2-8-34)12-32-23(19)22(33-35)15-6-5-14(25(38)39)11-18(15)28/h1,3-6,9,11-12H,2,7-8,10H2,(H,38,39). The molecule has 1 N–H and O–H groups in total. The van der Waals surface area contributed by atoms with Gasteiger partial charge < -0.3 is 10.0 Å². The summed E-state index contributed by atoms with van der Waals surface area (Å²) in [5.74, 6) is -3.82. The molecular weight excluding hydrogens is 544 g/mol. The Balaban J connectivity index is 1.70. The minimum absolute atomic E-state index is 0.0499. The zero-order valence-electron chi connectivity index (χ0n) is 19.8. The number of amides is 1. The van der Waals surface area contributed by atoms with Crippen molar-refractivity contribution in [3.8, 4) is 11.3 Å². The van der Waals surface area contributed by atoms with Crippen LogP contribution in [0.15, 0.2) is 48.7 Å². The molecule has 1 fully saturated rings. The molecule has 0 unspecified atom stereocenters. The lowest BCUT2D eigenvalue weighted by Gasteiger charge is -2.30. The summed E-state index contributed by atoms with van der Waals surface area (Å²) in [5, 5.41) is 12.8. The Labute approximate surface area is 222 Å². The summed E-state index contributed by atoms with van der Waals surface area (Å²) < 4.78 is 56.9. The number of aromatic nitrogens is 3. The monoisotopic (exact) mass is 560 g/mol. The number of alkyl halides is 3. The third kappa shape index (κ3) is 4.83. The number of nitrogens with zero attached hydrogens (tertiary/aromatic N) is 4. The molecule has 1 aliphatic rings. The fourth-order valence-electron chi connectivity index (χ4n) is 4.25. The zero-order valence-corrected chi connectivity index (χ0v) is 20.6. The van der Waals surface area contributed by atoms with E-state index >= 15 is 0 Å². The molecule has 4 aromatic rings. The van der Waals surface area contributed by atoms with Gasteiger partial charge >= 0.3 is 12.1 Å². The van der Waals surface area contributed by atoms with Gasteiger partial charge in [-0.15, -0.1) is 0 Å². The molecule has 3 heterocycles. The van der Waals surface area contributed by atoms with Gasteiger partial charge in [0.25, 0.3) is 5.91 Å². The van der Waals surface area contributed by atoms with Crippen LogP contribution in [0, 0.1) is 5.82 Å². The first-order valence-corrected chi connectivity index (χ1v) is 11.9. The van der Waals surface area contributed by atoms with Crippen LogP contribution in [-0.4, -0.2) is 55.6 Å². The Morgan fingerprint density at radius 2 is 1.82 bits per heavy atom. The molecule has 1 aliphatic heterocycles. The van der Waals surface area contributed by atoms with Crippen molar-refractivity contribution in [2.24, 2.45) is 0 Å². The summed E-state index contributed by atoms with van der Waals surface area (Å²) in [6.07, 6.45) is -2.80. The fourth-order valence-corrected chi connectivity index (χ4v) is 4.50. The summed E-state index contributed by atoms with van der Waals surface area (Å²) in [4.78, 5) is 43.2. The predicted molar refractivity (Wildman–Crippen MR) is 131 cm³/mol. The minimum Gasteiger partial charge on any atom is -0.478 e. The predicted octanol–water partition coefficient (Wildman–Crippen LogP) is 5.07. The number of hydrogen-bond acceptors (Lipinski definition) is 5. The number of pyridine rings is 1. The lowest BCUT2D eigenvalue weighted by molar-refractivity contribution is -0.138. The number of aromatic carboxylic acids is 1. The second-order valence-corrected chi connectivity index (χ2v) is 9.26. The third-order valence-electron chi connectivity index (χ3n) is 6.34. The maximum atomic E-state index is 15.0. The van der Waals surface area contributed by atoms with E-state index in [0.717, 1.165) is 36.8 Å². The Morgan fingerprint density at radius 1 is 1.08 bits per heavy atom. The smallest absolute Gasteiger partial charge is 0.417 e. The second-order valence-electron chi connectivity index (χ2n) is 8.85. The van der Waals surface area contributed by atoms with E-state index in [2.05, 4.69) is 10.1 Å². The SMILES string of the molecule is O=C(O)c1ccc(-c2nn(C(=O)c3c(Cl)cccc3C(F)(F)F)c3cc(CC(=O)N4CCC4)cnc23)c(F)c1. The maximum absolute atomic E-state index is 15.0. The molecule has 0 aliphatic carbocycles. The molecule has 2 aromatic heterocycles. The Hall–Kier alpha value is -4.32. The molecule has 0 saturated carbocycles. The average molecular weight is 561 g/mol. The molecular formula is C26H17ClF4N4O4. The van der Waals surface area contributed by atoms with Crippen LogP contribution in [0.25, 0.3) is 22.3 Å². The van der Waals surface area contributed by atoms with Gasteiger partial charge in [0.2, 0.25) is 5.91 Å². The van der Waals surface area contributed by atoms with E-state index in [1.807, 2.05) is 0 Å². The number of hydrogen-bond donors (Lipinski definition) is 1. The largest absolute Gasteiger partial charge is 0.478 e. The first-order valence-electron chi connectivity index (χ1n) is 11.5. The van der Waals surface area contributed by atoms with E-state index in [0.29, 0.717) is 29.4 Å². The number of carboxylic acid groups (broad SMARTS) is 1. The summed E-state index contributed by atoms with van der Waals surface area (Å²) in [6, 6.07) is 7.23. The first kappa shape index (κ1) is 26.3. The number of carboxylic acids is 1. The number of halogens is 5. The van der Waals surface area contributed by atoms with E-state index in [9.17, 15) is 31.9 Å². The summed E-state index contributed by atoms with van der Waals surface area (Å²) >= 11 is 6.04. The molecule has 8 nitrogen and oxygen atoms in total. The molecule has 0 spiro atoms. The van der Waals surface area contributed by atoms with E-state index in [1.54, 1.807) is 4.90 Å². The van der Waals surface area contributed by atoms with Crippen LogP contribution < -0.4 is 0 Å². The lowest BCUT2D eigenvalue weighted by Crippen LogP contribution is -2.42. The first-order chi connectivity index (χ1) is 18.5. The van der Waals surface area contributed by atoms with Gasteiger partial charge in [-0.25, -0.2) is 9.18 Å². The van der Waals surface area contributed by atoms with Crippen LogP contribution >= 0.6 is 11.6 Å². The van der Waals surface area contributed by atoms with Gasteiger partial charge in [0.05, 0.1) is 33.7 Å². The van der Waals surface area contributed by atoms with Crippen LogP contribution in [0.4, 0.5) is 17.6 Å². The van der Waals surface area contributed by atoms with Gasteiger partial charge in [-0.3, -0.25) is 14.6 Å². The highest BCUT2D eigenvalue weighted by atomic mass is 35.5. The van der Waals surface area contributed by atoms with E-state index in [1.165, 1.54) is 12.3 Å². The van der Waals surface area contributed by atoms with E-state index in [4.69, 9.17) is 16.7 Å². The molecule has 39 heavy (non-hydrogen) atoms. The van der Waals surface area contributed by atoms with Gasteiger partial charge in [0.1, 0.15) is 17.0 Å². The van der Waals surface area contributed by atoms with Gasteiger partial charge in [0.15, 0.2) is 0 Å². The fraction of sp³-hybridized carbons (Fsp3) is 0.192. The van der Waals surface area contributed by atoms with Gasteiger partial charge in [-0.1, -0.05) is 17.7 Å². The number of likely N-dealkylation sites (tertiary alicyclic amines) is 1. The quantitative estimate of drug-likeness (QED) is 0.342. The number of carbonyl (C=O) groups excluding carboxylic acids is 2. The topological polar surface area (TPSA) is 105 Å². The molecule has 1 saturated heterocycles. The highest BCUT2D eigenvalue weighted by Gasteiger charge is 2.37. The van der Waals surface area contributed by atoms with Crippen molar-refractivity contribution in [2.75, 3.05) is 13.1 Å². The molecule has 2 aromatic carbocycles. The molecule has 1 amide bonds. The van der Waals surface area contributed by atoms with Gasteiger partial charge in [-0.05, 0) is 48.4 Å². The Kier molecular flexibility index (Phi) is 6.59. The van der Waals surface area contributed by atoms with Crippen LogP contribution in [0.1, 0.15) is 38.3 Å². The number of carbonyl (C=O) groups is 3. The normalized spacial score (nSPS) is 13.4. The maximum Gasteiger partial charge on any atom is 0.417 e. The molecule has 200 valence electrons. The Morgan fingerprint density at radius 3 is 2.44 bits per heavy atom. The van der Waals surface area contributed by atoms with Crippen molar-refractivity contribution in [1.29, 1.82) is 0 Å². The Bertz CT molecular complexity index is 1660. The molecule has 0 atom stereocenters. The van der Waals surface area contributed by atoms with Gasteiger partial charge in [-0.2, -0.15) is 23.0 Å². The van der Waals surface area contributed by atoms with Crippen molar-refractivity contribution in [3.63, 3.8) is 0 Å². The van der Waals surface area contributed by atoms with Crippen molar-refractivity contribution >= 4 is 40.4 Å². The summed E-state index contributed by atoms with van der Waals surface area (Å²) in [5.41, 5.74) is -2.73. The third-order valence-corrected chi connectivity index (χ3v) is 6.65. The van der Waals surface area contributed by atoms with E-state index in [-0.39, 0.29) is 40.2 Å². The molecule has 0 radical (unpaired) electrons. The van der Waals surface area contributed by atoms with Crippen molar-refractivity contribution in [3.05, 3.63) is 81.8 Å². The number of fused-ring (bicyclic) bond motifs is 1. The molecule has 0 bridgehead atoms.